The van der Waals surface area contributed by atoms with Gasteiger partial charge in [-0.05, 0) is 54.5 Å². The Bertz CT molecular complexity index is 846. The molecule has 0 bridgehead atoms. The van der Waals surface area contributed by atoms with Crippen LogP contribution in [0.2, 0.25) is 0 Å². The van der Waals surface area contributed by atoms with Crippen molar-refractivity contribution < 1.29 is 14.3 Å². The molecule has 0 saturated heterocycles. The summed E-state index contributed by atoms with van der Waals surface area (Å²) in [6.07, 6.45) is 1.39. The number of hydrogen-bond donors (Lipinski definition) is 1. The highest BCUT2D eigenvalue weighted by molar-refractivity contribution is 5.88. The molecule has 0 heterocycles. The van der Waals surface area contributed by atoms with Gasteiger partial charge in [0.25, 0.3) is 5.91 Å². The predicted molar refractivity (Wildman–Crippen MR) is 125 cm³/mol. The van der Waals surface area contributed by atoms with Crippen molar-refractivity contribution in [2.45, 2.75) is 66.0 Å². The Morgan fingerprint density at radius 1 is 1.03 bits per heavy atom. The fourth-order valence-electron chi connectivity index (χ4n) is 3.43. The summed E-state index contributed by atoms with van der Waals surface area (Å²) in [5.74, 6) is 0.770. The molecule has 2 aromatic carbocycles. The average Bonchev–Trinajstić information content (AvgIpc) is 2.77. The summed E-state index contributed by atoms with van der Waals surface area (Å²) in [5, 5.41) is 2.94. The highest BCUT2D eigenvalue weighted by Crippen LogP contribution is 2.20. The van der Waals surface area contributed by atoms with E-state index in [1.54, 1.807) is 4.90 Å². The van der Waals surface area contributed by atoms with Gasteiger partial charge in [0.1, 0.15) is 11.8 Å². The minimum Gasteiger partial charge on any atom is -0.484 e. The van der Waals surface area contributed by atoms with Crippen molar-refractivity contribution in [3.8, 4) is 5.75 Å². The van der Waals surface area contributed by atoms with Crippen molar-refractivity contribution >= 4 is 11.8 Å². The summed E-state index contributed by atoms with van der Waals surface area (Å²) in [6.45, 7) is 11.1. The van der Waals surface area contributed by atoms with Crippen LogP contribution in [0.15, 0.2) is 48.5 Å². The minimum absolute atomic E-state index is 0.107. The maximum atomic E-state index is 13.2. The number of amides is 2. The smallest absolute Gasteiger partial charge is 0.261 e. The van der Waals surface area contributed by atoms with Gasteiger partial charge in [-0.3, -0.25) is 9.59 Å². The zero-order valence-electron chi connectivity index (χ0n) is 19.5. The lowest BCUT2D eigenvalue weighted by Gasteiger charge is -2.31. The van der Waals surface area contributed by atoms with Crippen LogP contribution in [0.5, 0.6) is 5.75 Å². The number of hydrogen-bond acceptors (Lipinski definition) is 3. The Balaban J connectivity index is 2.18. The van der Waals surface area contributed by atoms with Crippen LogP contribution in [0.3, 0.4) is 0 Å². The molecule has 0 aliphatic carbocycles. The third-order valence-corrected chi connectivity index (χ3v) is 5.45. The molecule has 168 valence electrons. The number of benzene rings is 2. The molecule has 2 aromatic rings. The molecular weight excluding hydrogens is 388 g/mol. The third-order valence-electron chi connectivity index (χ3n) is 5.45. The van der Waals surface area contributed by atoms with Gasteiger partial charge < -0.3 is 15.0 Å². The molecule has 2 amide bonds. The van der Waals surface area contributed by atoms with Crippen LogP contribution in [0, 0.1) is 6.92 Å². The van der Waals surface area contributed by atoms with Crippen molar-refractivity contribution in [2.24, 2.45) is 0 Å². The first kappa shape index (κ1) is 24.4. The van der Waals surface area contributed by atoms with Gasteiger partial charge in [0, 0.05) is 13.1 Å². The van der Waals surface area contributed by atoms with Gasteiger partial charge in [0.2, 0.25) is 5.91 Å². The summed E-state index contributed by atoms with van der Waals surface area (Å²) in [7, 11) is 0. The lowest BCUT2D eigenvalue weighted by Crippen LogP contribution is -2.50. The Kier molecular flexibility index (Phi) is 9.57. The summed E-state index contributed by atoms with van der Waals surface area (Å²) < 4.78 is 5.78. The van der Waals surface area contributed by atoms with E-state index in [0.717, 1.165) is 17.5 Å². The standard InChI is InChI=1S/C26H36N2O3/c1-6-16-27-26(30)24(7-2)28(17-22-11-9-8-10-20(22)5)25(29)18-31-23-14-12-21(13-15-23)19(3)4/h8-15,19,24H,6-7,16-18H2,1-5H3,(H,27,30). The summed E-state index contributed by atoms with van der Waals surface area (Å²) >= 11 is 0. The lowest BCUT2D eigenvalue weighted by molar-refractivity contribution is -0.143. The zero-order valence-corrected chi connectivity index (χ0v) is 19.5. The first-order valence-electron chi connectivity index (χ1n) is 11.2. The average molecular weight is 425 g/mol. The molecule has 0 aliphatic heterocycles. The van der Waals surface area contributed by atoms with Crippen LogP contribution in [0.4, 0.5) is 0 Å². The molecule has 5 nitrogen and oxygen atoms in total. The predicted octanol–water partition coefficient (Wildman–Crippen LogP) is 4.83. The summed E-state index contributed by atoms with van der Waals surface area (Å²) in [5.41, 5.74) is 3.34. The topological polar surface area (TPSA) is 58.6 Å². The van der Waals surface area contributed by atoms with Crippen LogP contribution in [-0.2, 0) is 16.1 Å². The Morgan fingerprint density at radius 2 is 1.71 bits per heavy atom. The molecule has 0 saturated carbocycles. The molecule has 0 aliphatic rings. The highest BCUT2D eigenvalue weighted by atomic mass is 16.5. The van der Waals surface area contributed by atoms with E-state index in [1.165, 1.54) is 5.56 Å². The normalized spacial score (nSPS) is 11.8. The zero-order chi connectivity index (χ0) is 22.8. The fourth-order valence-corrected chi connectivity index (χ4v) is 3.43. The molecule has 0 aromatic heterocycles. The van der Waals surface area contributed by atoms with E-state index in [4.69, 9.17) is 4.74 Å². The molecule has 0 spiro atoms. The minimum atomic E-state index is -0.537. The van der Waals surface area contributed by atoms with E-state index in [0.29, 0.717) is 31.2 Å². The van der Waals surface area contributed by atoms with Gasteiger partial charge in [-0.2, -0.15) is 0 Å². The van der Waals surface area contributed by atoms with Gasteiger partial charge in [0.05, 0.1) is 0 Å². The van der Waals surface area contributed by atoms with Crippen molar-refractivity contribution in [3.05, 3.63) is 65.2 Å². The number of ether oxygens (including phenoxy) is 1. The van der Waals surface area contributed by atoms with Crippen molar-refractivity contribution in [3.63, 3.8) is 0 Å². The SMILES string of the molecule is CCCNC(=O)C(CC)N(Cc1ccccc1C)C(=O)COc1ccc(C(C)C)cc1. The Morgan fingerprint density at radius 3 is 2.29 bits per heavy atom. The van der Waals surface area contributed by atoms with E-state index in [2.05, 4.69) is 19.2 Å². The van der Waals surface area contributed by atoms with Crippen molar-refractivity contribution in [1.82, 2.24) is 10.2 Å². The van der Waals surface area contributed by atoms with Crippen molar-refractivity contribution in [2.75, 3.05) is 13.2 Å². The third kappa shape index (κ3) is 7.12. The summed E-state index contributed by atoms with van der Waals surface area (Å²) in [6, 6.07) is 15.2. The van der Waals surface area contributed by atoms with Crippen molar-refractivity contribution in [1.29, 1.82) is 0 Å². The van der Waals surface area contributed by atoms with Gasteiger partial charge >= 0.3 is 0 Å². The van der Waals surface area contributed by atoms with Crippen LogP contribution < -0.4 is 10.1 Å². The fraction of sp³-hybridized carbons (Fsp3) is 0.462. The van der Waals surface area contributed by atoms with Gasteiger partial charge in [-0.25, -0.2) is 0 Å². The van der Waals surface area contributed by atoms with E-state index >= 15 is 0 Å². The number of carbonyl (C=O) groups is 2. The number of rotatable bonds is 11. The number of aryl methyl sites for hydroxylation is 1. The molecule has 31 heavy (non-hydrogen) atoms. The first-order valence-corrected chi connectivity index (χ1v) is 11.2. The molecule has 2 rings (SSSR count). The van der Waals surface area contributed by atoms with E-state index in [9.17, 15) is 9.59 Å². The molecule has 1 atom stereocenters. The second-order valence-corrected chi connectivity index (χ2v) is 8.18. The molecular formula is C26H36N2O3. The quantitative estimate of drug-likeness (QED) is 0.562. The maximum Gasteiger partial charge on any atom is 0.261 e. The van der Waals surface area contributed by atoms with E-state index in [1.807, 2.05) is 69.3 Å². The van der Waals surface area contributed by atoms with Crippen LogP contribution in [0.25, 0.3) is 0 Å². The Labute approximate surface area is 186 Å². The number of nitrogens with one attached hydrogen (secondary N) is 1. The molecule has 1 N–H and O–H groups in total. The van der Waals surface area contributed by atoms with Gasteiger partial charge in [0.15, 0.2) is 6.61 Å². The highest BCUT2D eigenvalue weighted by Gasteiger charge is 2.29. The monoisotopic (exact) mass is 424 g/mol. The maximum absolute atomic E-state index is 13.2. The second kappa shape index (κ2) is 12.1. The number of nitrogens with zero attached hydrogens (tertiary/aromatic N) is 1. The van der Waals surface area contributed by atoms with Gasteiger partial charge in [-0.1, -0.05) is 64.1 Å². The molecule has 0 radical (unpaired) electrons. The first-order chi connectivity index (χ1) is 14.9. The van der Waals surface area contributed by atoms with Gasteiger partial charge in [-0.15, -0.1) is 0 Å². The molecule has 0 fully saturated rings. The summed E-state index contributed by atoms with van der Waals surface area (Å²) in [4.78, 5) is 27.6. The number of carbonyl (C=O) groups excluding carboxylic acids is 2. The molecule has 5 heteroatoms. The largest absolute Gasteiger partial charge is 0.484 e. The van der Waals surface area contributed by atoms with E-state index in [-0.39, 0.29) is 18.4 Å². The lowest BCUT2D eigenvalue weighted by atomic mass is 10.0. The van der Waals surface area contributed by atoms with Crippen LogP contribution >= 0.6 is 0 Å². The molecule has 1 unspecified atom stereocenters. The van der Waals surface area contributed by atoms with E-state index < -0.39 is 6.04 Å². The Hall–Kier alpha value is -2.82. The van der Waals surface area contributed by atoms with Crippen LogP contribution in [-0.4, -0.2) is 35.9 Å². The second-order valence-electron chi connectivity index (χ2n) is 8.18. The van der Waals surface area contributed by atoms with Crippen LogP contribution in [0.1, 0.15) is 63.1 Å².